The third kappa shape index (κ3) is 7.25. The van der Waals surface area contributed by atoms with Gasteiger partial charge in [-0.25, -0.2) is 9.78 Å². The second-order valence-corrected chi connectivity index (χ2v) is 11.1. The van der Waals surface area contributed by atoms with E-state index in [4.69, 9.17) is 31.8 Å². The summed E-state index contributed by atoms with van der Waals surface area (Å²) in [5, 5.41) is 3.47. The van der Waals surface area contributed by atoms with Gasteiger partial charge in [-0.2, -0.15) is 0 Å². The number of aromatic nitrogens is 1. The molecular formula is C32H39ClN4O4. The SMILES string of the molecule is COC(=O)C1(NC(=O)c2ccc(-c3ccccc3CN)c(-c3ccc(Cl)c(OCCCN(C)C)c3)n2)CCCCC1. The van der Waals surface area contributed by atoms with Crippen LogP contribution in [0.1, 0.15) is 54.6 Å². The van der Waals surface area contributed by atoms with E-state index in [0.717, 1.165) is 54.5 Å². The number of halogens is 1. The first-order valence-electron chi connectivity index (χ1n) is 14.1. The summed E-state index contributed by atoms with van der Waals surface area (Å²) in [4.78, 5) is 33.3. The van der Waals surface area contributed by atoms with E-state index in [9.17, 15) is 9.59 Å². The summed E-state index contributed by atoms with van der Waals surface area (Å²) < 4.78 is 11.1. The second-order valence-electron chi connectivity index (χ2n) is 10.7. The van der Waals surface area contributed by atoms with E-state index in [1.54, 1.807) is 12.1 Å². The van der Waals surface area contributed by atoms with E-state index >= 15 is 0 Å². The Morgan fingerprint density at radius 3 is 2.51 bits per heavy atom. The largest absolute Gasteiger partial charge is 0.492 e. The van der Waals surface area contributed by atoms with Crippen molar-refractivity contribution in [3.05, 3.63) is 70.9 Å². The Kier molecular flexibility index (Phi) is 10.4. The highest BCUT2D eigenvalue weighted by Crippen LogP contribution is 2.37. The second kappa shape index (κ2) is 13.9. The predicted molar refractivity (Wildman–Crippen MR) is 162 cm³/mol. The van der Waals surface area contributed by atoms with Gasteiger partial charge in [0.1, 0.15) is 17.0 Å². The number of pyridine rings is 1. The normalized spacial score (nSPS) is 14.5. The molecule has 2 aromatic carbocycles. The van der Waals surface area contributed by atoms with Crippen LogP contribution in [-0.2, 0) is 16.1 Å². The van der Waals surface area contributed by atoms with E-state index in [2.05, 4.69) is 10.2 Å². The molecule has 0 aliphatic heterocycles. The van der Waals surface area contributed by atoms with Crippen LogP contribution in [-0.4, -0.2) is 61.7 Å². The summed E-state index contributed by atoms with van der Waals surface area (Å²) in [5.74, 6) is -0.302. The molecule has 3 N–H and O–H groups in total. The Hall–Kier alpha value is -3.46. The topological polar surface area (TPSA) is 107 Å². The van der Waals surface area contributed by atoms with Crippen molar-refractivity contribution in [3.8, 4) is 28.1 Å². The lowest BCUT2D eigenvalue weighted by Crippen LogP contribution is -2.56. The van der Waals surface area contributed by atoms with Gasteiger partial charge in [0.25, 0.3) is 5.91 Å². The van der Waals surface area contributed by atoms with Crippen molar-refractivity contribution in [3.63, 3.8) is 0 Å². The fourth-order valence-corrected chi connectivity index (χ4v) is 5.49. The van der Waals surface area contributed by atoms with E-state index in [0.29, 0.717) is 42.5 Å². The fraction of sp³-hybridized carbons (Fsp3) is 0.406. The minimum absolute atomic E-state index is 0.200. The monoisotopic (exact) mass is 578 g/mol. The third-order valence-corrected chi connectivity index (χ3v) is 7.82. The van der Waals surface area contributed by atoms with Crippen LogP contribution >= 0.6 is 11.6 Å². The summed E-state index contributed by atoms with van der Waals surface area (Å²) >= 11 is 6.50. The lowest BCUT2D eigenvalue weighted by Gasteiger charge is -2.35. The maximum absolute atomic E-state index is 13.6. The Balaban J connectivity index is 1.75. The lowest BCUT2D eigenvalue weighted by atomic mass is 9.81. The Morgan fingerprint density at radius 2 is 1.80 bits per heavy atom. The molecule has 1 saturated carbocycles. The maximum atomic E-state index is 13.6. The molecule has 0 saturated heterocycles. The molecule has 0 spiro atoms. The molecule has 4 rings (SSSR count). The van der Waals surface area contributed by atoms with Gasteiger partial charge in [-0.15, -0.1) is 0 Å². The molecule has 1 aliphatic rings. The van der Waals surface area contributed by atoms with Gasteiger partial charge in [-0.1, -0.05) is 61.2 Å². The number of amides is 1. The molecule has 41 heavy (non-hydrogen) atoms. The number of carbonyl (C=O) groups is 2. The van der Waals surface area contributed by atoms with Crippen LogP contribution in [0.3, 0.4) is 0 Å². The first kappa shape index (κ1) is 30.5. The molecule has 9 heteroatoms. The molecule has 218 valence electrons. The van der Waals surface area contributed by atoms with Crippen molar-refractivity contribution < 1.29 is 19.1 Å². The van der Waals surface area contributed by atoms with Crippen molar-refractivity contribution in [2.75, 3.05) is 34.4 Å². The molecule has 1 fully saturated rings. The van der Waals surface area contributed by atoms with Crippen LogP contribution in [0.25, 0.3) is 22.4 Å². The van der Waals surface area contributed by atoms with Crippen molar-refractivity contribution in [1.82, 2.24) is 15.2 Å². The van der Waals surface area contributed by atoms with Gasteiger partial charge in [0, 0.05) is 24.2 Å². The average Bonchev–Trinajstić information content (AvgIpc) is 2.99. The van der Waals surface area contributed by atoms with Gasteiger partial charge < -0.3 is 25.4 Å². The number of rotatable bonds is 11. The number of nitrogens with two attached hydrogens (primary N) is 1. The van der Waals surface area contributed by atoms with Crippen LogP contribution in [0, 0.1) is 0 Å². The minimum Gasteiger partial charge on any atom is -0.492 e. The lowest BCUT2D eigenvalue weighted by molar-refractivity contribution is -0.149. The Morgan fingerprint density at radius 1 is 1.05 bits per heavy atom. The molecular weight excluding hydrogens is 540 g/mol. The van der Waals surface area contributed by atoms with Gasteiger partial charge in [-0.3, -0.25) is 4.79 Å². The van der Waals surface area contributed by atoms with Crippen LogP contribution < -0.4 is 15.8 Å². The summed E-state index contributed by atoms with van der Waals surface area (Å²) in [6, 6.07) is 16.9. The van der Waals surface area contributed by atoms with Crippen LogP contribution in [0.2, 0.25) is 5.02 Å². The van der Waals surface area contributed by atoms with Crippen LogP contribution in [0.5, 0.6) is 5.75 Å². The van der Waals surface area contributed by atoms with Crippen LogP contribution in [0.15, 0.2) is 54.6 Å². The average molecular weight is 579 g/mol. The molecule has 1 heterocycles. The van der Waals surface area contributed by atoms with E-state index in [1.165, 1.54) is 7.11 Å². The Labute approximate surface area is 247 Å². The number of benzene rings is 2. The number of carbonyl (C=O) groups excluding carboxylic acids is 2. The number of hydrogen-bond acceptors (Lipinski definition) is 7. The minimum atomic E-state index is -1.05. The zero-order valence-corrected chi connectivity index (χ0v) is 24.8. The molecule has 3 aromatic rings. The van der Waals surface area contributed by atoms with Gasteiger partial charge in [0.15, 0.2) is 0 Å². The first-order chi connectivity index (χ1) is 19.8. The highest BCUT2D eigenvalue weighted by atomic mass is 35.5. The van der Waals surface area contributed by atoms with Crippen molar-refractivity contribution in [2.24, 2.45) is 5.73 Å². The molecule has 0 radical (unpaired) electrons. The smallest absolute Gasteiger partial charge is 0.331 e. The van der Waals surface area contributed by atoms with E-state index in [1.807, 2.05) is 56.6 Å². The zero-order valence-electron chi connectivity index (χ0n) is 24.0. The van der Waals surface area contributed by atoms with Crippen LogP contribution in [0.4, 0.5) is 0 Å². The number of hydrogen-bond donors (Lipinski definition) is 2. The summed E-state index contributed by atoms with van der Waals surface area (Å²) in [6.07, 6.45) is 4.61. The van der Waals surface area contributed by atoms with E-state index < -0.39 is 17.4 Å². The summed E-state index contributed by atoms with van der Waals surface area (Å²) in [6.45, 7) is 1.75. The quantitative estimate of drug-likeness (QED) is 0.230. The van der Waals surface area contributed by atoms with Gasteiger partial charge in [0.2, 0.25) is 0 Å². The Bertz CT molecular complexity index is 1370. The number of methoxy groups -OCH3 is 1. The van der Waals surface area contributed by atoms with Gasteiger partial charge >= 0.3 is 5.97 Å². The molecule has 0 bridgehead atoms. The standard InChI is InChI=1S/C32H39ClN4O4/c1-37(2)18-9-19-41-28-20-22(12-14-26(28)33)29-25(24-11-6-5-10-23(24)21-34)13-15-27(35-29)30(38)36-32(31(39)40-3)16-7-4-8-17-32/h5-6,10-15,20H,4,7-9,16-19,21,34H2,1-3H3,(H,36,38). The van der Waals surface area contributed by atoms with Crippen molar-refractivity contribution in [2.45, 2.75) is 50.6 Å². The number of ether oxygens (including phenoxy) is 2. The first-order valence-corrected chi connectivity index (χ1v) is 14.4. The maximum Gasteiger partial charge on any atom is 0.331 e. The number of nitrogens with one attached hydrogen (secondary N) is 1. The number of nitrogens with zero attached hydrogens (tertiary/aromatic N) is 2. The molecule has 8 nitrogen and oxygen atoms in total. The van der Waals surface area contributed by atoms with Gasteiger partial charge in [-0.05, 0) is 68.8 Å². The van der Waals surface area contributed by atoms with Crippen molar-refractivity contribution in [1.29, 1.82) is 0 Å². The summed E-state index contributed by atoms with van der Waals surface area (Å²) in [5.41, 5.74) is 9.26. The van der Waals surface area contributed by atoms with E-state index in [-0.39, 0.29) is 5.69 Å². The summed E-state index contributed by atoms with van der Waals surface area (Å²) in [7, 11) is 5.39. The fourth-order valence-electron chi connectivity index (χ4n) is 5.32. The molecule has 1 aromatic heterocycles. The van der Waals surface area contributed by atoms with Crippen molar-refractivity contribution >= 4 is 23.5 Å². The zero-order chi connectivity index (χ0) is 29.4. The molecule has 0 atom stereocenters. The predicted octanol–water partition coefficient (Wildman–Crippen LogP) is 5.46. The van der Waals surface area contributed by atoms with Gasteiger partial charge in [0.05, 0.1) is 24.4 Å². The molecule has 1 aliphatic carbocycles. The highest BCUT2D eigenvalue weighted by Gasteiger charge is 2.42. The molecule has 0 unspecified atom stereocenters. The highest BCUT2D eigenvalue weighted by molar-refractivity contribution is 6.32. The number of esters is 1. The molecule has 1 amide bonds. The third-order valence-electron chi connectivity index (χ3n) is 7.50.